The fourth-order valence-electron chi connectivity index (χ4n) is 4.45. The molecule has 3 rings (SSSR count). The van der Waals surface area contributed by atoms with Crippen LogP contribution in [0.3, 0.4) is 0 Å². The van der Waals surface area contributed by atoms with Crippen molar-refractivity contribution in [2.45, 2.75) is 103 Å². The number of ether oxygens (including phenoxy) is 2. The van der Waals surface area contributed by atoms with Crippen LogP contribution in [0.5, 0.6) is 11.5 Å². The maximum absolute atomic E-state index is 12.9. The zero-order valence-electron chi connectivity index (χ0n) is 22.5. The van der Waals surface area contributed by atoms with Gasteiger partial charge in [-0.1, -0.05) is 64.8 Å². The van der Waals surface area contributed by atoms with Gasteiger partial charge in [0.1, 0.15) is 11.5 Å². The molecule has 2 aromatic carbocycles. The van der Waals surface area contributed by atoms with E-state index in [1.165, 1.54) is 11.1 Å². The molecule has 0 aliphatic heterocycles. The molecule has 4 atom stereocenters. The number of carbonyl (C=O) groups is 2. The minimum Gasteiger partial charge on any atom is -0.481 e. The largest absolute Gasteiger partial charge is 0.481 e. The summed E-state index contributed by atoms with van der Waals surface area (Å²) in [6, 6.07) is 15.4. The van der Waals surface area contributed by atoms with Gasteiger partial charge in [0.15, 0.2) is 12.2 Å². The zero-order valence-corrected chi connectivity index (χ0v) is 22.5. The molecule has 0 heterocycles. The summed E-state index contributed by atoms with van der Waals surface area (Å²) in [5.41, 5.74) is 2.46. The van der Waals surface area contributed by atoms with Gasteiger partial charge in [-0.2, -0.15) is 0 Å². The molecule has 6 heteroatoms. The summed E-state index contributed by atoms with van der Waals surface area (Å²) < 4.78 is 11.8. The number of hydrogen-bond acceptors (Lipinski definition) is 4. The average Bonchev–Trinajstić information content (AvgIpc) is 2.85. The highest BCUT2D eigenvalue weighted by Gasteiger charge is 2.31. The minimum atomic E-state index is -0.635. The highest BCUT2D eigenvalue weighted by atomic mass is 16.5. The van der Waals surface area contributed by atoms with Crippen molar-refractivity contribution in [2.75, 3.05) is 0 Å². The molecular formula is C30H42N2O4. The molecule has 1 fully saturated rings. The predicted molar refractivity (Wildman–Crippen MR) is 144 cm³/mol. The standard InChI is InChI=1S/C30H42N2O4/c1-19(2)23-11-15-25(16-12-23)35-21(5)29(33)31-27-9-7-8-10-28(27)32-30(34)22(6)36-26-17-13-24(14-18-26)20(3)4/h11-22,27-28H,7-10H2,1-6H3,(H,31,33)(H,32,34). The van der Waals surface area contributed by atoms with Gasteiger partial charge in [-0.05, 0) is 73.9 Å². The van der Waals surface area contributed by atoms with Gasteiger partial charge in [-0.3, -0.25) is 9.59 Å². The van der Waals surface area contributed by atoms with E-state index in [-0.39, 0.29) is 23.9 Å². The first kappa shape index (κ1) is 27.6. The van der Waals surface area contributed by atoms with Gasteiger partial charge >= 0.3 is 0 Å². The van der Waals surface area contributed by atoms with Gasteiger partial charge in [0, 0.05) is 12.1 Å². The van der Waals surface area contributed by atoms with Crippen LogP contribution in [0, 0.1) is 0 Å². The first-order valence-electron chi connectivity index (χ1n) is 13.3. The fourth-order valence-corrected chi connectivity index (χ4v) is 4.45. The highest BCUT2D eigenvalue weighted by molar-refractivity contribution is 5.82. The number of nitrogens with one attached hydrogen (secondary N) is 2. The van der Waals surface area contributed by atoms with Crippen LogP contribution in [-0.4, -0.2) is 36.1 Å². The number of hydrogen-bond donors (Lipinski definition) is 2. The maximum Gasteiger partial charge on any atom is 0.261 e. The third-order valence-corrected chi connectivity index (χ3v) is 6.88. The van der Waals surface area contributed by atoms with Crippen LogP contribution in [0.15, 0.2) is 48.5 Å². The van der Waals surface area contributed by atoms with Crippen molar-refractivity contribution in [1.82, 2.24) is 10.6 Å². The molecular weight excluding hydrogens is 452 g/mol. The van der Waals surface area contributed by atoms with Crippen molar-refractivity contribution in [2.24, 2.45) is 0 Å². The minimum absolute atomic E-state index is 0.137. The molecule has 2 amide bonds. The Morgan fingerprint density at radius 1 is 0.639 bits per heavy atom. The van der Waals surface area contributed by atoms with E-state index in [4.69, 9.17) is 9.47 Å². The normalized spacial score (nSPS) is 19.4. The van der Waals surface area contributed by atoms with Crippen molar-refractivity contribution >= 4 is 11.8 Å². The topological polar surface area (TPSA) is 76.7 Å². The molecule has 36 heavy (non-hydrogen) atoms. The second-order valence-corrected chi connectivity index (χ2v) is 10.5. The van der Waals surface area contributed by atoms with Crippen molar-refractivity contribution in [1.29, 1.82) is 0 Å². The lowest BCUT2D eigenvalue weighted by atomic mass is 9.90. The second kappa shape index (κ2) is 12.8. The monoisotopic (exact) mass is 494 g/mol. The molecule has 0 saturated heterocycles. The third kappa shape index (κ3) is 7.74. The molecule has 0 spiro atoms. The SMILES string of the molecule is CC(Oc1ccc(C(C)C)cc1)C(=O)NC1CCCCC1NC(=O)C(C)Oc1ccc(C(C)C)cc1. The predicted octanol–water partition coefficient (Wildman–Crippen LogP) is 5.71. The molecule has 6 nitrogen and oxygen atoms in total. The Labute approximate surface area is 216 Å². The number of carbonyl (C=O) groups excluding carboxylic acids is 2. The molecule has 2 N–H and O–H groups in total. The summed E-state index contributed by atoms with van der Waals surface area (Å²) in [4.78, 5) is 25.8. The van der Waals surface area contributed by atoms with Crippen molar-refractivity contribution < 1.29 is 19.1 Å². The Hall–Kier alpha value is -3.02. The second-order valence-electron chi connectivity index (χ2n) is 10.5. The van der Waals surface area contributed by atoms with Crippen LogP contribution in [0.1, 0.15) is 90.2 Å². The Morgan fingerprint density at radius 2 is 0.972 bits per heavy atom. The molecule has 0 bridgehead atoms. The van der Waals surface area contributed by atoms with E-state index in [1.54, 1.807) is 13.8 Å². The van der Waals surface area contributed by atoms with Gasteiger partial charge in [0.05, 0.1) is 0 Å². The average molecular weight is 495 g/mol. The molecule has 4 unspecified atom stereocenters. The third-order valence-electron chi connectivity index (χ3n) is 6.88. The summed E-state index contributed by atoms with van der Waals surface area (Å²) in [7, 11) is 0. The van der Waals surface area contributed by atoms with E-state index in [0.717, 1.165) is 25.7 Å². The molecule has 1 saturated carbocycles. The van der Waals surface area contributed by atoms with Gasteiger partial charge in [0.2, 0.25) is 0 Å². The van der Waals surface area contributed by atoms with E-state index in [9.17, 15) is 9.59 Å². The summed E-state index contributed by atoms with van der Waals surface area (Å²) >= 11 is 0. The smallest absolute Gasteiger partial charge is 0.261 e. The van der Waals surface area contributed by atoms with Crippen LogP contribution in [0.2, 0.25) is 0 Å². The highest BCUT2D eigenvalue weighted by Crippen LogP contribution is 2.22. The van der Waals surface area contributed by atoms with Crippen molar-refractivity contribution in [3.63, 3.8) is 0 Å². The van der Waals surface area contributed by atoms with Crippen molar-refractivity contribution in [3.8, 4) is 11.5 Å². The van der Waals surface area contributed by atoms with Gasteiger partial charge in [0.25, 0.3) is 11.8 Å². The molecule has 1 aliphatic rings. The fraction of sp³-hybridized carbons (Fsp3) is 0.533. The first-order chi connectivity index (χ1) is 17.1. The van der Waals surface area contributed by atoms with Gasteiger partial charge in [-0.15, -0.1) is 0 Å². The van der Waals surface area contributed by atoms with Gasteiger partial charge < -0.3 is 20.1 Å². The molecule has 0 radical (unpaired) electrons. The first-order valence-corrected chi connectivity index (χ1v) is 13.3. The van der Waals surface area contributed by atoms with E-state index in [0.29, 0.717) is 23.3 Å². The molecule has 0 aromatic heterocycles. The van der Waals surface area contributed by atoms with E-state index in [2.05, 4.69) is 38.3 Å². The number of benzene rings is 2. The Kier molecular flexibility index (Phi) is 9.80. The Morgan fingerprint density at radius 3 is 1.28 bits per heavy atom. The van der Waals surface area contributed by atoms with Crippen LogP contribution in [-0.2, 0) is 9.59 Å². The summed E-state index contributed by atoms with van der Waals surface area (Å²) in [5, 5.41) is 6.22. The van der Waals surface area contributed by atoms with E-state index in [1.807, 2.05) is 48.5 Å². The van der Waals surface area contributed by atoms with Crippen LogP contribution < -0.4 is 20.1 Å². The quantitative estimate of drug-likeness (QED) is 0.443. The maximum atomic E-state index is 12.9. The van der Waals surface area contributed by atoms with E-state index < -0.39 is 12.2 Å². The summed E-state index contributed by atoms with van der Waals surface area (Å²) in [5.74, 6) is 1.87. The molecule has 1 aliphatic carbocycles. The molecule has 196 valence electrons. The molecule has 2 aromatic rings. The number of rotatable bonds is 10. The summed E-state index contributed by atoms with van der Waals surface area (Å²) in [6.07, 6.45) is 2.39. The summed E-state index contributed by atoms with van der Waals surface area (Å²) in [6.45, 7) is 12.1. The lowest BCUT2D eigenvalue weighted by Gasteiger charge is -2.34. The zero-order chi connectivity index (χ0) is 26.2. The number of amides is 2. The lowest BCUT2D eigenvalue weighted by Crippen LogP contribution is -2.56. The van der Waals surface area contributed by atoms with Gasteiger partial charge in [-0.25, -0.2) is 0 Å². The van der Waals surface area contributed by atoms with E-state index >= 15 is 0 Å². The van der Waals surface area contributed by atoms with Crippen LogP contribution >= 0.6 is 0 Å². The van der Waals surface area contributed by atoms with Crippen LogP contribution in [0.25, 0.3) is 0 Å². The lowest BCUT2D eigenvalue weighted by molar-refractivity contribution is -0.131. The Balaban J connectivity index is 1.53. The van der Waals surface area contributed by atoms with Crippen molar-refractivity contribution in [3.05, 3.63) is 59.7 Å². The Bertz CT molecular complexity index is 904. The van der Waals surface area contributed by atoms with Crippen LogP contribution in [0.4, 0.5) is 0 Å².